The Hall–Kier alpha value is -1.65. The van der Waals surface area contributed by atoms with Gasteiger partial charge in [-0.2, -0.15) is 0 Å². The van der Waals surface area contributed by atoms with Crippen molar-refractivity contribution in [2.75, 3.05) is 26.2 Å². The highest BCUT2D eigenvalue weighted by Gasteiger charge is 2.18. The molecule has 0 bridgehead atoms. The third kappa shape index (κ3) is 10.4. The van der Waals surface area contributed by atoms with E-state index in [1.807, 2.05) is 31.2 Å². The van der Waals surface area contributed by atoms with E-state index in [0.717, 1.165) is 29.6 Å². The Bertz CT molecular complexity index is 748. The SMILES string of the molecule is CCCCCCCCN(CCCCCCCC)CC(O)c1cc(OCC)nc2ccccc12. The lowest BCUT2D eigenvalue weighted by atomic mass is 10.0. The van der Waals surface area contributed by atoms with Gasteiger partial charge in [-0.25, -0.2) is 4.98 Å². The molecule has 2 aromatic rings. The fourth-order valence-electron chi connectivity index (χ4n) is 4.54. The Balaban J connectivity index is 2.01. The molecule has 0 spiro atoms. The summed E-state index contributed by atoms with van der Waals surface area (Å²) in [5, 5.41) is 12.3. The zero-order valence-corrected chi connectivity index (χ0v) is 21.5. The highest BCUT2D eigenvalue weighted by Crippen LogP contribution is 2.28. The maximum absolute atomic E-state index is 11.3. The molecule has 0 saturated carbocycles. The van der Waals surface area contributed by atoms with E-state index in [1.54, 1.807) is 0 Å². The van der Waals surface area contributed by atoms with E-state index in [9.17, 15) is 5.11 Å². The van der Waals surface area contributed by atoms with E-state index >= 15 is 0 Å². The highest BCUT2D eigenvalue weighted by atomic mass is 16.5. The van der Waals surface area contributed by atoms with Gasteiger partial charge in [0.2, 0.25) is 5.88 Å². The summed E-state index contributed by atoms with van der Waals surface area (Å²) in [7, 11) is 0. The molecular weight excluding hydrogens is 408 g/mol. The molecule has 0 radical (unpaired) electrons. The lowest BCUT2D eigenvalue weighted by molar-refractivity contribution is 0.111. The summed E-state index contributed by atoms with van der Waals surface area (Å²) in [5.74, 6) is 0.601. The molecule has 1 unspecified atom stereocenters. The molecule has 1 N–H and O–H groups in total. The molecule has 1 atom stereocenters. The fourth-order valence-corrected chi connectivity index (χ4v) is 4.54. The van der Waals surface area contributed by atoms with Crippen molar-refractivity contribution < 1.29 is 9.84 Å². The Labute approximate surface area is 202 Å². The Morgan fingerprint density at radius 1 is 0.818 bits per heavy atom. The summed E-state index contributed by atoms with van der Waals surface area (Å²) in [6.07, 6.45) is 15.1. The average Bonchev–Trinajstić information content (AvgIpc) is 2.82. The number of aromatic nitrogens is 1. The molecule has 0 aliphatic heterocycles. The summed E-state index contributed by atoms with van der Waals surface area (Å²) >= 11 is 0. The van der Waals surface area contributed by atoms with Gasteiger partial charge in [0.05, 0.1) is 18.2 Å². The maximum Gasteiger partial charge on any atom is 0.214 e. The van der Waals surface area contributed by atoms with Crippen LogP contribution in [0.25, 0.3) is 10.9 Å². The number of nitrogens with zero attached hydrogens (tertiary/aromatic N) is 2. The van der Waals surface area contributed by atoms with Crippen LogP contribution in [0.15, 0.2) is 30.3 Å². The number of unbranched alkanes of at least 4 members (excludes halogenated alkanes) is 10. The topological polar surface area (TPSA) is 45.6 Å². The van der Waals surface area contributed by atoms with E-state index in [4.69, 9.17) is 4.74 Å². The van der Waals surface area contributed by atoms with Crippen molar-refractivity contribution in [1.82, 2.24) is 9.88 Å². The molecule has 1 aromatic carbocycles. The predicted molar refractivity (Wildman–Crippen MR) is 141 cm³/mol. The van der Waals surface area contributed by atoms with E-state index < -0.39 is 6.10 Å². The molecule has 1 aromatic heterocycles. The molecule has 0 saturated heterocycles. The molecule has 0 amide bonds. The molecule has 33 heavy (non-hydrogen) atoms. The first kappa shape index (κ1) is 27.6. The number of fused-ring (bicyclic) bond motifs is 1. The van der Waals surface area contributed by atoms with Crippen LogP contribution in [0.3, 0.4) is 0 Å². The third-order valence-electron chi connectivity index (χ3n) is 6.46. The standard InChI is InChI=1S/C29H48N2O2/c1-4-7-9-11-13-17-21-31(22-18-14-12-10-8-5-2)24-28(32)26-23-29(33-6-3)30-27-20-16-15-19-25(26)27/h15-16,19-20,23,28,32H,4-14,17-18,21-22,24H2,1-3H3. The third-order valence-corrected chi connectivity index (χ3v) is 6.46. The number of hydrogen-bond donors (Lipinski definition) is 1. The summed E-state index contributed by atoms with van der Waals surface area (Å²) in [5.41, 5.74) is 1.82. The number of aliphatic hydroxyl groups excluding tert-OH is 1. The quantitative estimate of drug-likeness (QED) is 0.220. The van der Waals surface area contributed by atoms with Crippen LogP contribution in [0.1, 0.15) is 109 Å². The molecule has 1 heterocycles. The molecule has 0 aliphatic rings. The van der Waals surface area contributed by atoms with Crippen molar-refractivity contribution in [3.63, 3.8) is 0 Å². The molecule has 0 fully saturated rings. The largest absolute Gasteiger partial charge is 0.478 e. The van der Waals surface area contributed by atoms with Gasteiger partial charge in [0.15, 0.2) is 0 Å². The van der Waals surface area contributed by atoms with Crippen LogP contribution in [0.4, 0.5) is 0 Å². The number of benzene rings is 1. The predicted octanol–water partition coefficient (Wildman–Crippen LogP) is 7.69. The molecule has 2 rings (SSSR count). The molecule has 4 nitrogen and oxygen atoms in total. The first-order valence-corrected chi connectivity index (χ1v) is 13.6. The minimum atomic E-state index is -0.544. The average molecular weight is 457 g/mol. The molecule has 4 heteroatoms. The van der Waals surface area contributed by atoms with Crippen molar-refractivity contribution in [2.45, 2.75) is 104 Å². The van der Waals surface area contributed by atoms with Gasteiger partial charge in [0.25, 0.3) is 0 Å². The molecule has 186 valence electrons. The van der Waals surface area contributed by atoms with Crippen molar-refractivity contribution in [3.8, 4) is 5.88 Å². The zero-order valence-electron chi connectivity index (χ0n) is 21.5. The van der Waals surface area contributed by atoms with Crippen molar-refractivity contribution in [1.29, 1.82) is 0 Å². The Kier molecular flexibility index (Phi) is 14.1. The van der Waals surface area contributed by atoms with Crippen LogP contribution < -0.4 is 4.74 Å². The van der Waals surface area contributed by atoms with E-state index in [2.05, 4.69) is 29.8 Å². The van der Waals surface area contributed by atoms with Gasteiger partial charge < -0.3 is 14.7 Å². The summed E-state index contributed by atoms with van der Waals surface area (Å²) in [6.45, 7) is 9.88. The van der Waals surface area contributed by atoms with Gasteiger partial charge in [-0.05, 0) is 44.5 Å². The van der Waals surface area contributed by atoms with Crippen LogP contribution in [0, 0.1) is 0 Å². The van der Waals surface area contributed by atoms with E-state index in [-0.39, 0.29) is 0 Å². The van der Waals surface area contributed by atoms with Crippen molar-refractivity contribution in [3.05, 3.63) is 35.9 Å². The van der Waals surface area contributed by atoms with Crippen molar-refractivity contribution >= 4 is 10.9 Å². The fraction of sp³-hybridized carbons (Fsp3) is 0.690. The maximum atomic E-state index is 11.3. The number of ether oxygens (including phenoxy) is 1. The number of pyridine rings is 1. The van der Waals surface area contributed by atoms with E-state index in [1.165, 1.54) is 77.0 Å². The van der Waals surface area contributed by atoms with Gasteiger partial charge in [-0.1, -0.05) is 96.3 Å². The summed E-state index contributed by atoms with van der Waals surface area (Å²) in [4.78, 5) is 7.10. The van der Waals surface area contributed by atoms with Gasteiger partial charge in [0, 0.05) is 18.0 Å². The van der Waals surface area contributed by atoms with Crippen LogP contribution in [-0.4, -0.2) is 41.2 Å². The van der Waals surface area contributed by atoms with Gasteiger partial charge in [-0.3, -0.25) is 0 Å². The number of para-hydroxylation sites is 1. The van der Waals surface area contributed by atoms with Crippen molar-refractivity contribution in [2.24, 2.45) is 0 Å². The van der Waals surface area contributed by atoms with Gasteiger partial charge in [-0.15, -0.1) is 0 Å². The second kappa shape index (κ2) is 16.9. The van der Waals surface area contributed by atoms with E-state index in [0.29, 0.717) is 19.0 Å². The van der Waals surface area contributed by atoms with Crippen LogP contribution >= 0.6 is 0 Å². The molecular formula is C29H48N2O2. The second-order valence-corrected chi connectivity index (χ2v) is 9.35. The Morgan fingerprint density at radius 3 is 2.00 bits per heavy atom. The minimum absolute atomic E-state index is 0.544. The summed E-state index contributed by atoms with van der Waals surface area (Å²) < 4.78 is 5.70. The monoisotopic (exact) mass is 456 g/mol. The normalized spacial score (nSPS) is 12.5. The first-order valence-electron chi connectivity index (χ1n) is 13.6. The lowest BCUT2D eigenvalue weighted by Gasteiger charge is -2.26. The summed E-state index contributed by atoms with van der Waals surface area (Å²) in [6, 6.07) is 10.0. The van der Waals surface area contributed by atoms with Crippen LogP contribution in [0.5, 0.6) is 5.88 Å². The smallest absolute Gasteiger partial charge is 0.214 e. The van der Waals surface area contributed by atoms with Gasteiger partial charge in [0.1, 0.15) is 0 Å². The highest BCUT2D eigenvalue weighted by molar-refractivity contribution is 5.83. The number of rotatable bonds is 19. The minimum Gasteiger partial charge on any atom is -0.478 e. The Morgan fingerprint density at radius 2 is 1.39 bits per heavy atom. The van der Waals surface area contributed by atoms with Gasteiger partial charge >= 0.3 is 0 Å². The second-order valence-electron chi connectivity index (χ2n) is 9.35. The number of aliphatic hydroxyl groups is 1. The first-order chi connectivity index (χ1) is 16.2. The lowest BCUT2D eigenvalue weighted by Crippen LogP contribution is -2.31. The molecule has 0 aliphatic carbocycles. The van der Waals surface area contributed by atoms with Crippen LogP contribution in [0.2, 0.25) is 0 Å². The van der Waals surface area contributed by atoms with Crippen LogP contribution in [-0.2, 0) is 0 Å². The zero-order chi connectivity index (χ0) is 23.7. The number of hydrogen-bond acceptors (Lipinski definition) is 4.